The number of primary amides is 1. The van der Waals surface area contributed by atoms with Gasteiger partial charge in [0.1, 0.15) is 24.3 Å². The van der Waals surface area contributed by atoms with Crippen LogP contribution in [0.4, 0.5) is 9.59 Å². The standard InChI is InChI=1S/C30H40N4O6/c1-18(2)16-25(26(31)35)33-27(36)24(34-29(38)40-30(3,4)5)14-15-32-28(37)39-17-23-21-12-8-6-10-19(21)20-11-7-9-13-22(20)23/h6-13,18,23-25H,14-17H2,1-5H3,(H2,31,35)(H,32,37)(H,33,36)(H,34,38)/t24-,25-/m0/s1. The lowest BCUT2D eigenvalue weighted by atomic mass is 9.98. The number of alkyl carbamates (subject to hydrolysis) is 2. The van der Waals surface area contributed by atoms with Gasteiger partial charge in [0.2, 0.25) is 11.8 Å². The predicted octanol–water partition coefficient (Wildman–Crippen LogP) is 3.82. The Labute approximate surface area is 235 Å². The van der Waals surface area contributed by atoms with E-state index in [9.17, 15) is 19.2 Å². The normalized spacial score (nSPS) is 13.9. The number of fused-ring (bicyclic) bond motifs is 3. The van der Waals surface area contributed by atoms with Crippen LogP contribution < -0.4 is 21.7 Å². The number of nitrogens with two attached hydrogens (primary N) is 1. The molecule has 0 saturated heterocycles. The Hall–Kier alpha value is -4.08. The van der Waals surface area contributed by atoms with E-state index in [4.69, 9.17) is 15.2 Å². The number of amides is 4. The number of nitrogens with one attached hydrogen (secondary N) is 3. The van der Waals surface area contributed by atoms with Crippen molar-refractivity contribution in [2.75, 3.05) is 13.2 Å². The van der Waals surface area contributed by atoms with Crippen molar-refractivity contribution in [2.24, 2.45) is 11.7 Å². The third kappa shape index (κ3) is 8.46. The van der Waals surface area contributed by atoms with E-state index in [-0.39, 0.29) is 31.4 Å². The lowest BCUT2D eigenvalue weighted by Gasteiger charge is -2.25. The molecule has 0 saturated carbocycles. The molecule has 2 aromatic rings. The fourth-order valence-electron chi connectivity index (χ4n) is 4.68. The number of hydrogen-bond donors (Lipinski definition) is 4. The minimum atomic E-state index is -1.09. The number of benzene rings is 2. The molecule has 4 amide bonds. The van der Waals surface area contributed by atoms with Gasteiger partial charge in [-0.1, -0.05) is 62.4 Å². The van der Waals surface area contributed by atoms with Gasteiger partial charge in [0.05, 0.1) is 0 Å². The molecule has 10 nitrogen and oxygen atoms in total. The van der Waals surface area contributed by atoms with Gasteiger partial charge in [-0.25, -0.2) is 9.59 Å². The third-order valence-electron chi connectivity index (χ3n) is 6.42. The number of rotatable bonds is 11. The van der Waals surface area contributed by atoms with Crippen LogP contribution >= 0.6 is 0 Å². The van der Waals surface area contributed by atoms with Gasteiger partial charge in [0.25, 0.3) is 0 Å². The number of ether oxygens (including phenoxy) is 2. The average Bonchev–Trinajstić information content (AvgIpc) is 3.18. The maximum absolute atomic E-state index is 13.0. The molecule has 0 spiro atoms. The highest BCUT2D eigenvalue weighted by Crippen LogP contribution is 2.44. The van der Waals surface area contributed by atoms with Crippen LogP contribution in [0.1, 0.15) is 64.5 Å². The highest BCUT2D eigenvalue weighted by atomic mass is 16.6. The van der Waals surface area contributed by atoms with E-state index in [1.807, 2.05) is 50.2 Å². The Bertz CT molecular complexity index is 1180. The van der Waals surface area contributed by atoms with Crippen LogP contribution in [0.15, 0.2) is 48.5 Å². The minimum Gasteiger partial charge on any atom is -0.449 e. The first-order valence-electron chi connectivity index (χ1n) is 13.5. The van der Waals surface area contributed by atoms with Gasteiger partial charge in [-0.3, -0.25) is 9.59 Å². The van der Waals surface area contributed by atoms with Crippen molar-refractivity contribution < 1.29 is 28.7 Å². The first-order valence-corrected chi connectivity index (χ1v) is 13.5. The van der Waals surface area contributed by atoms with Crippen molar-refractivity contribution in [3.63, 3.8) is 0 Å². The van der Waals surface area contributed by atoms with Gasteiger partial charge in [0.15, 0.2) is 0 Å². The molecule has 2 atom stereocenters. The van der Waals surface area contributed by atoms with E-state index in [1.54, 1.807) is 20.8 Å². The van der Waals surface area contributed by atoms with Crippen molar-refractivity contribution in [3.05, 3.63) is 59.7 Å². The van der Waals surface area contributed by atoms with Crippen molar-refractivity contribution >= 4 is 24.0 Å². The van der Waals surface area contributed by atoms with Crippen molar-refractivity contribution in [2.45, 2.75) is 71.1 Å². The number of hydrogen-bond acceptors (Lipinski definition) is 6. The second-order valence-electron chi connectivity index (χ2n) is 11.3. The fourth-order valence-corrected chi connectivity index (χ4v) is 4.68. The summed E-state index contributed by atoms with van der Waals surface area (Å²) >= 11 is 0. The van der Waals surface area contributed by atoms with Crippen molar-refractivity contribution in [1.29, 1.82) is 0 Å². The van der Waals surface area contributed by atoms with Gasteiger partial charge in [-0.15, -0.1) is 0 Å². The van der Waals surface area contributed by atoms with Gasteiger partial charge in [-0.2, -0.15) is 0 Å². The average molecular weight is 553 g/mol. The van der Waals surface area contributed by atoms with E-state index in [1.165, 1.54) is 0 Å². The Morgan fingerprint density at radius 3 is 1.98 bits per heavy atom. The highest BCUT2D eigenvalue weighted by Gasteiger charge is 2.30. The number of carbonyl (C=O) groups excluding carboxylic acids is 4. The molecule has 10 heteroatoms. The first kappa shape index (κ1) is 30.5. The molecule has 0 heterocycles. The smallest absolute Gasteiger partial charge is 0.408 e. The van der Waals surface area contributed by atoms with Crippen molar-refractivity contribution in [3.8, 4) is 11.1 Å². The largest absolute Gasteiger partial charge is 0.449 e. The molecule has 2 aromatic carbocycles. The molecule has 0 radical (unpaired) electrons. The maximum Gasteiger partial charge on any atom is 0.408 e. The Morgan fingerprint density at radius 1 is 0.875 bits per heavy atom. The minimum absolute atomic E-state index is 0.0238. The van der Waals surface area contributed by atoms with Gasteiger partial charge >= 0.3 is 12.2 Å². The molecule has 1 aliphatic carbocycles. The summed E-state index contributed by atoms with van der Waals surface area (Å²) in [6.45, 7) is 9.07. The summed E-state index contributed by atoms with van der Waals surface area (Å²) in [5.41, 5.74) is 9.13. The van der Waals surface area contributed by atoms with Crippen LogP contribution in [0.5, 0.6) is 0 Å². The summed E-state index contributed by atoms with van der Waals surface area (Å²) in [5, 5.41) is 7.78. The van der Waals surface area contributed by atoms with E-state index < -0.39 is 41.7 Å². The topological polar surface area (TPSA) is 149 Å². The van der Waals surface area contributed by atoms with Crippen LogP contribution in [-0.4, -0.2) is 54.8 Å². The second kappa shape index (κ2) is 13.3. The molecule has 0 aromatic heterocycles. The van der Waals surface area contributed by atoms with Gasteiger partial charge in [-0.05, 0) is 61.8 Å². The molecule has 216 valence electrons. The van der Waals surface area contributed by atoms with E-state index >= 15 is 0 Å². The Morgan fingerprint density at radius 2 is 1.45 bits per heavy atom. The third-order valence-corrected chi connectivity index (χ3v) is 6.42. The molecule has 5 N–H and O–H groups in total. The van der Waals surface area contributed by atoms with Crippen LogP contribution in [0.2, 0.25) is 0 Å². The highest BCUT2D eigenvalue weighted by molar-refractivity contribution is 5.90. The van der Waals surface area contributed by atoms with Gasteiger partial charge < -0.3 is 31.2 Å². The Kier molecular flexibility index (Phi) is 10.1. The summed E-state index contributed by atoms with van der Waals surface area (Å²) in [7, 11) is 0. The summed E-state index contributed by atoms with van der Waals surface area (Å²) in [5.74, 6) is -1.26. The quantitative estimate of drug-likeness (QED) is 0.333. The Balaban J connectivity index is 1.59. The lowest BCUT2D eigenvalue weighted by molar-refractivity contribution is -0.129. The molecular weight excluding hydrogens is 512 g/mol. The molecule has 1 aliphatic rings. The summed E-state index contributed by atoms with van der Waals surface area (Å²) in [6.07, 6.45) is -1.07. The molecular formula is C30H40N4O6. The zero-order valence-electron chi connectivity index (χ0n) is 23.8. The monoisotopic (exact) mass is 552 g/mol. The number of carbonyl (C=O) groups is 4. The molecule has 0 bridgehead atoms. The molecule has 0 aliphatic heterocycles. The van der Waals surface area contributed by atoms with Crippen LogP contribution in [-0.2, 0) is 19.1 Å². The SMILES string of the molecule is CC(C)C[C@H](NC(=O)[C@H](CCNC(=O)OCC1c2ccccc2-c2ccccc21)NC(=O)OC(C)(C)C)C(N)=O. The molecule has 40 heavy (non-hydrogen) atoms. The molecule has 3 rings (SSSR count). The fraction of sp³-hybridized carbons (Fsp3) is 0.467. The zero-order valence-corrected chi connectivity index (χ0v) is 23.8. The van der Waals surface area contributed by atoms with Crippen LogP contribution in [0.25, 0.3) is 11.1 Å². The van der Waals surface area contributed by atoms with Crippen molar-refractivity contribution in [1.82, 2.24) is 16.0 Å². The summed E-state index contributed by atoms with van der Waals surface area (Å²) < 4.78 is 10.8. The molecule has 0 fully saturated rings. The van der Waals surface area contributed by atoms with Crippen LogP contribution in [0, 0.1) is 5.92 Å². The summed E-state index contributed by atoms with van der Waals surface area (Å²) in [6, 6.07) is 14.1. The second-order valence-corrected chi connectivity index (χ2v) is 11.3. The lowest BCUT2D eigenvalue weighted by Crippen LogP contribution is -2.54. The van der Waals surface area contributed by atoms with E-state index in [0.717, 1.165) is 22.3 Å². The predicted molar refractivity (Wildman–Crippen MR) is 151 cm³/mol. The maximum atomic E-state index is 13.0. The first-order chi connectivity index (χ1) is 18.9. The van der Waals surface area contributed by atoms with Gasteiger partial charge in [0, 0.05) is 12.5 Å². The summed E-state index contributed by atoms with van der Waals surface area (Å²) in [4.78, 5) is 49.8. The molecule has 0 unspecified atom stereocenters. The van der Waals surface area contributed by atoms with E-state index in [0.29, 0.717) is 6.42 Å². The van der Waals surface area contributed by atoms with Crippen LogP contribution in [0.3, 0.4) is 0 Å². The zero-order chi connectivity index (χ0) is 29.4. The van der Waals surface area contributed by atoms with E-state index in [2.05, 4.69) is 28.1 Å².